The van der Waals surface area contributed by atoms with Crippen molar-refractivity contribution in [2.45, 2.75) is 77.3 Å². The molecule has 2 aromatic rings. The van der Waals surface area contributed by atoms with E-state index in [1.165, 1.54) is 0 Å². The Balaban J connectivity index is 1.49. The molecule has 1 spiro atoms. The maximum Gasteiger partial charge on any atom is 0.250 e. The lowest BCUT2D eigenvalue weighted by atomic mass is 9.70. The Morgan fingerprint density at radius 1 is 1.15 bits per heavy atom. The standard InChI is InChI=1S/C31H39N3O5/c1-5-19(3)23(17-35)34-27(29(37)33-22-15-18(2)11-12-20(22)4)31-14-13-24(39-31)25(26(31)30(34)38)28(36)32-16-21-9-7-6-8-10-21/h6-12,15,19,23-27,35H,5,13-14,16-17H2,1-4H3,(H,32,36)(H,33,37)/t19-,23-,24+,25-,26-,27?,31?/m0/s1. The quantitative estimate of drug-likeness (QED) is 0.458. The van der Waals surface area contributed by atoms with E-state index < -0.39 is 35.6 Å². The number of anilines is 1. The van der Waals surface area contributed by atoms with Crippen LogP contribution in [0.2, 0.25) is 0 Å². The van der Waals surface area contributed by atoms with Crippen molar-refractivity contribution in [1.82, 2.24) is 10.2 Å². The molecule has 3 aliphatic rings. The third kappa shape index (κ3) is 4.63. The maximum absolute atomic E-state index is 14.2. The van der Waals surface area contributed by atoms with Gasteiger partial charge >= 0.3 is 0 Å². The van der Waals surface area contributed by atoms with Gasteiger partial charge in [0, 0.05) is 12.2 Å². The number of amides is 3. The summed E-state index contributed by atoms with van der Waals surface area (Å²) >= 11 is 0. The van der Waals surface area contributed by atoms with Crippen LogP contribution in [0.1, 0.15) is 49.8 Å². The topological polar surface area (TPSA) is 108 Å². The highest BCUT2D eigenvalue weighted by atomic mass is 16.5. The van der Waals surface area contributed by atoms with E-state index >= 15 is 0 Å². The normalized spacial score (nSPS) is 28.7. The van der Waals surface area contributed by atoms with Gasteiger partial charge in [-0.15, -0.1) is 0 Å². The van der Waals surface area contributed by atoms with Gasteiger partial charge in [0.1, 0.15) is 11.6 Å². The number of aliphatic hydroxyl groups is 1. The summed E-state index contributed by atoms with van der Waals surface area (Å²) in [5.74, 6) is -2.37. The summed E-state index contributed by atoms with van der Waals surface area (Å²) in [6, 6.07) is 14.0. The molecule has 3 fully saturated rings. The van der Waals surface area contributed by atoms with Crippen LogP contribution in [-0.4, -0.2) is 58.1 Å². The van der Waals surface area contributed by atoms with Crippen LogP contribution in [-0.2, 0) is 25.7 Å². The summed E-state index contributed by atoms with van der Waals surface area (Å²) in [6.07, 6.45) is 1.41. The Hall–Kier alpha value is -3.23. The number of aliphatic hydroxyl groups excluding tert-OH is 1. The van der Waals surface area contributed by atoms with Crippen LogP contribution in [0.3, 0.4) is 0 Å². The smallest absolute Gasteiger partial charge is 0.250 e. The number of benzene rings is 2. The molecule has 7 atom stereocenters. The highest BCUT2D eigenvalue weighted by Gasteiger charge is 2.75. The molecule has 2 bridgehead atoms. The molecule has 3 N–H and O–H groups in total. The number of carbonyl (C=O) groups excluding carboxylic acids is 3. The first-order chi connectivity index (χ1) is 18.7. The van der Waals surface area contributed by atoms with Crippen molar-refractivity contribution in [3.8, 4) is 0 Å². The number of likely N-dealkylation sites (tertiary alicyclic amines) is 1. The number of fused-ring (bicyclic) bond motifs is 1. The van der Waals surface area contributed by atoms with Crippen molar-refractivity contribution in [2.75, 3.05) is 11.9 Å². The van der Waals surface area contributed by atoms with Gasteiger partial charge in [0.25, 0.3) is 0 Å². The summed E-state index contributed by atoms with van der Waals surface area (Å²) in [4.78, 5) is 43.5. The molecule has 0 aromatic heterocycles. The summed E-state index contributed by atoms with van der Waals surface area (Å²) in [7, 11) is 0. The van der Waals surface area contributed by atoms with Gasteiger partial charge in [-0.25, -0.2) is 0 Å². The average molecular weight is 534 g/mol. The Morgan fingerprint density at radius 2 is 1.90 bits per heavy atom. The van der Waals surface area contributed by atoms with E-state index in [4.69, 9.17) is 4.74 Å². The number of carbonyl (C=O) groups is 3. The van der Waals surface area contributed by atoms with Crippen LogP contribution in [0.4, 0.5) is 5.69 Å². The van der Waals surface area contributed by atoms with Crippen molar-refractivity contribution in [2.24, 2.45) is 17.8 Å². The Bertz CT molecular complexity index is 1250. The fourth-order valence-corrected chi connectivity index (χ4v) is 6.84. The molecule has 2 aromatic carbocycles. The molecule has 3 aliphatic heterocycles. The molecule has 8 heteroatoms. The van der Waals surface area contributed by atoms with E-state index in [0.717, 1.165) is 23.1 Å². The lowest BCUT2D eigenvalue weighted by Gasteiger charge is -2.38. The van der Waals surface area contributed by atoms with Crippen LogP contribution >= 0.6 is 0 Å². The predicted octanol–water partition coefficient (Wildman–Crippen LogP) is 3.34. The van der Waals surface area contributed by atoms with Gasteiger partial charge in [0.15, 0.2) is 0 Å². The second-order valence-electron chi connectivity index (χ2n) is 11.4. The van der Waals surface area contributed by atoms with E-state index in [9.17, 15) is 19.5 Å². The summed E-state index contributed by atoms with van der Waals surface area (Å²) in [5, 5.41) is 16.5. The number of nitrogens with zero attached hydrogens (tertiary/aromatic N) is 1. The largest absolute Gasteiger partial charge is 0.394 e. The minimum absolute atomic E-state index is 0.0484. The van der Waals surface area contributed by atoms with Crippen LogP contribution in [0.25, 0.3) is 0 Å². The highest BCUT2D eigenvalue weighted by molar-refractivity contribution is 6.04. The van der Waals surface area contributed by atoms with Gasteiger partial charge < -0.3 is 25.4 Å². The number of hydrogen-bond acceptors (Lipinski definition) is 5. The molecule has 2 unspecified atom stereocenters. The van der Waals surface area contributed by atoms with Gasteiger partial charge in [-0.1, -0.05) is 62.7 Å². The molecule has 0 radical (unpaired) electrons. The summed E-state index contributed by atoms with van der Waals surface area (Å²) < 4.78 is 6.54. The highest BCUT2D eigenvalue weighted by Crippen LogP contribution is 2.59. The lowest BCUT2D eigenvalue weighted by Crippen LogP contribution is -2.57. The van der Waals surface area contributed by atoms with Crippen LogP contribution in [0.5, 0.6) is 0 Å². The lowest BCUT2D eigenvalue weighted by molar-refractivity contribution is -0.145. The third-order valence-corrected chi connectivity index (χ3v) is 9.09. The molecule has 0 aliphatic carbocycles. The maximum atomic E-state index is 14.2. The number of aryl methyl sites for hydroxylation is 2. The first kappa shape index (κ1) is 27.3. The average Bonchev–Trinajstić information content (AvgIpc) is 3.58. The summed E-state index contributed by atoms with van der Waals surface area (Å²) in [5.41, 5.74) is 2.45. The summed E-state index contributed by atoms with van der Waals surface area (Å²) in [6.45, 7) is 7.94. The fourth-order valence-electron chi connectivity index (χ4n) is 6.84. The number of ether oxygens (including phenoxy) is 1. The number of nitrogens with one attached hydrogen (secondary N) is 2. The minimum Gasteiger partial charge on any atom is -0.394 e. The van der Waals surface area contributed by atoms with E-state index in [1.54, 1.807) is 4.90 Å². The molecule has 3 amide bonds. The van der Waals surface area contributed by atoms with Crippen molar-refractivity contribution < 1.29 is 24.2 Å². The van der Waals surface area contributed by atoms with Gasteiger partial charge in [-0.2, -0.15) is 0 Å². The first-order valence-corrected chi connectivity index (χ1v) is 14.0. The van der Waals surface area contributed by atoms with Crippen LogP contribution in [0, 0.1) is 31.6 Å². The molecule has 0 saturated carbocycles. The SMILES string of the molecule is CC[C@H](C)[C@H](CO)N1C(=O)[C@@H]2[C@@H](C(=O)NCc3ccccc3)[C@H]3CCC2(O3)C1C(=O)Nc1cc(C)ccc1C. The van der Waals surface area contributed by atoms with E-state index in [1.807, 2.05) is 76.2 Å². The predicted molar refractivity (Wildman–Crippen MR) is 148 cm³/mol. The Labute approximate surface area is 230 Å². The molecule has 39 heavy (non-hydrogen) atoms. The molecule has 5 rings (SSSR count). The second-order valence-corrected chi connectivity index (χ2v) is 11.4. The second kappa shape index (κ2) is 10.7. The zero-order chi connectivity index (χ0) is 27.9. The molecule has 208 valence electrons. The molecular formula is C31H39N3O5. The Kier molecular flexibility index (Phi) is 7.53. The van der Waals surface area contributed by atoms with E-state index in [2.05, 4.69) is 10.6 Å². The molecule has 3 heterocycles. The van der Waals surface area contributed by atoms with Crippen molar-refractivity contribution in [3.63, 3.8) is 0 Å². The number of hydrogen-bond donors (Lipinski definition) is 3. The zero-order valence-electron chi connectivity index (χ0n) is 23.1. The van der Waals surface area contributed by atoms with Gasteiger partial charge in [0.05, 0.1) is 30.6 Å². The van der Waals surface area contributed by atoms with Crippen molar-refractivity contribution in [3.05, 3.63) is 65.2 Å². The van der Waals surface area contributed by atoms with Crippen LogP contribution in [0.15, 0.2) is 48.5 Å². The van der Waals surface area contributed by atoms with Crippen molar-refractivity contribution >= 4 is 23.4 Å². The van der Waals surface area contributed by atoms with Crippen LogP contribution < -0.4 is 10.6 Å². The van der Waals surface area contributed by atoms with Gasteiger partial charge in [0.2, 0.25) is 17.7 Å². The minimum atomic E-state index is -1.11. The van der Waals surface area contributed by atoms with Gasteiger partial charge in [-0.3, -0.25) is 14.4 Å². The third-order valence-electron chi connectivity index (χ3n) is 9.09. The zero-order valence-corrected chi connectivity index (χ0v) is 23.1. The van der Waals surface area contributed by atoms with E-state index in [-0.39, 0.29) is 30.2 Å². The number of rotatable bonds is 9. The monoisotopic (exact) mass is 533 g/mol. The molecule has 8 nitrogen and oxygen atoms in total. The van der Waals surface area contributed by atoms with E-state index in [0.29, 0.717) is 25.1 Å². The van der Waals surface area contributed by atoms with Crippen molar-refractivity contribution in [1.29, 1.82) is 0 Å². The molecular weight excluding hydrogens is 494 g/mol. The first-order valence-electron chi connectivity index (χ1n) is 14.0. The molecule has 3 saturated heterocycles. The Morgan fingerprint density at radius 3 is 2.59 bits per heavy atom. The fraction of sp³-hybridized carbons (Fsp3) is 0.516. The van der Waals surface area contributed by atoms with Gasteiger partial charge in [-0.05, 0) is 55.4 Å².